The quantitative estimate of drug-likeness (QED) is 0.473. The molecule has 6 heteroatoms. The fourth-order valence-electron chi connectivity index (χ4n) is 3.13. The summed E-state index contributed by atoms with van der Waals surface area (Å²) in [5.41, 5.74) is 0. The number of aliphatic hydroxyl groups excluding tert-OH is 3. The van der Waals surface area contributed by atoms with Gasteiger partial charge < -0.3 is 20.1 Å². The summed E-state index contributed by atoms with van der Waals surface area (Å²) in [6, 6.07) is -0.444. The van der Waals surface area contributed by atoms with Gasteiger partial charge in [0.15, 0.2) is 0 Å². The first kappa shape index (κ1) is 15.7. The van der Waals surface area contributed by atoms with Crippen LogP contribution in [-0.2, 0) is 9.53 Å². The number of carbonyl (C=O) groups is 1. The van der Waals surface area contributed by atoms with E-state index < -0.39 is 30.5 Å². The molecule has 2 fully saturated rings. The normalized spacial score (nSPS) is 37.7. The lowest BCUT2D eigenvalue weighted by molar-refractivity contribution is -0.179. The fraction of sp³-hybridized carbons (Fsp3) is 0.929. The fourth-order valence-corrected chi connectivity index (χ4v) is 3.13. The summed E-state index contributed by atoms with van der Waals surface area (Å²) in [7, 11) is 0. The third kappa shape index (κ3) is 3.31. The highest BCUT2D eigenvalue weighted by Gasteiger charge is 2.49. The van der Waals surface area contributed by atoms with Crippen LogP contribution < -0.4 is 0 Å². The summed E-state index contributed by atoms with van der Waals surface area (Å²) in [6.45, 7) is 3.09. The van der Waals surface area contributed by atoms with Crippen molar-refractivity contribution in [3.05, 3.63) is 0 Å². The highest BCUT2D eigenvalue weighted by Crippen LogP contribution is 2.29. The molecule has 0 spiro atoms. The third-order valence-corrected chi connectivity index (χ3v) is 4.29. The average Bonchev–Trinajstić information content (AvgIpc) is 2.77. The molecule has 0 aromatic heterocycles. The minimum atomic E-state index is -1.13. The third-order valence-electron chi connectivity index (χ3n) is 4.29. The second-order valence-corrected chi connectivity index (χ2v) is 5.81. The molecule has 2 aliphatic heterocycles. The van der Waals surface area contributed by atoms with Gasteiger partial charge in [-0.15, -0.1) is 0 Å². The lowest BCUT2D eigenvalue weighted by Crippen LogP contribution is -2.62. The largest absolute Gasteiger partial charge is 0.458 e. The second kappa shape index (κ2) is 6.85. The molecule has 0 amide bonds. The number of esters is 1. The van der Waals surface area contributed by atoms with Gasteiger partial charge in [-0.1, -0.05) is 19.8 Å². The lowest BCUT2D eigenvalue weighted by Gasteiger charge is -2.42. The number of aliphatic hydroxyl groups is 3. The number of hydrogen-bond donors (Lipinski definition) is 3. The van der Waals surface area contributed by atoms with Crippen LogP contribution in [0.15, 0.2) is 0 Å². The SMILES string of the molecule is CCCCCC(=O)OC1CN2CCC(O)C2C(O)C1O. The maximum absolute atomic E-state index is 11.7. The summed E-state index contributed by atoms with van der Waals surface area (Å²) in [6.07, 6.45) is 0.183. The molecule has 0 aromatic carbocycles. The van der Waals surface area contributed by atoms with Crippen LogP contribution in [0.5, 0.6) is 0 Å². The van der Waals surface area contributed by atoms with Crippen LogP contribution >= 0.6 is 0 Å². The van der Waals surface area contributed by atoms with Gasteiger partial charge >= 0.3 is 5.97 Å². The zero-order valence-corrected chi connectivity index (χ0v) is 11.9. The Morgan fingerprint density at radius 3 is 2.70 bits per heavy atom. The number of ether oxygens (including phenoxy) is 1. The first-order valence-electron chi connectivity index (χ1n) is 7.52. The van der Waals surface area contributed by atoms with Crippen LogP contribution in [0.1, 0.15) is 39.0 Å². The number of fused-ring (bicyclic) bond motifs is 1. The van der Waals surface area contributed by atoms with Gasteiger partial charge in [0.2, 0.25) is 0 Å². The first-order chi connectivity index (χ1) is 9.54. The molecule has 0 saturated carbocycles. The van der Waals surface area contributed by atoms with Crippen LogP contribution in [-0.4, -0.2) is 69.7 Å². The molecule has 0 aromatic rings. The molecule has 0 aliphatic carbocycles. The number of nitrogens with zero attached hydrogens (tertiary/aromatic N) is 1. The van der Waals surface area contributed by atoms with Gasteiger partial charge in [-0.3, -0.25) is 9.69 Å². The van der Waals surface area contributed by atoms with Crippen LogP contribution in [0.2, 0.25) is 0 Å². The van der Waals surface area contributed by atoms with E-state index in [1.807, 2.05) is 4.90 Å². The van der Waals surface area contributed by atoms with Crippen molar-refractivity contribution in [3.63, 3.8) is 0 Å². The van der Waals surface area contributed by atoms with Gasteiger partial charge in [0.25, 0.3) is 0 Å². The molecule has 2 saturated heterocycles. The Labute approximate surface area is 119 Å². The highest BCUT2D eigenvalue weighted by molar-refractivity contribution is 5.69. The molecule has 5 unspecified atom stereocenters. The van der Waals surface area contributed by atoms with Crippen molar-refractivity contribution in [2.45, 2.75) is 69.5 Å². The molecule has 3 N–H and O–H groups in total. The highest BCUT2D eigenvalue weighted by atomic mass is 16.6. The summed E-state index contributed by atoms with van der Waals surface area (Å²) in [4.78, 5) is 13.6. The Hall–Kier alpha value is -0.690. The van der Waals surface area contributed by atoms with Crippen molar-refractivity contribution in [1.82, 2.24) is 4.90 Å². The number of carbonyl (C=O) groups excluding carboxylic acids is 1. The van der Waals surface area contributed by atoms with Crippen LogP contribution in [0.25, 0.3) is 0 Å². The predicted molar refractivity (Wildman–Crippen MR) is 72.0 cm³/mol. The topological polar surface area (TPSA) is 90.2 Å². The van der Waals surface area contributed by atoms with Crippen molar-refractivity contribution in [2.75, 3.05) is 13.1 Å². The van der Waals surface area contributed by atoms with Crippen molar-refractivity contribution in [1.29, 1.82) is 0 Å². The molecular weight excluding hydrogens is 262 g/mol. The molecule has 2 aliphatic rings. The standard InChI is InChI=1S/C14H25NO5/c1-2-3-4-5-11(17)20-10-8-15-7-6-9(16)12(15)14(19)13(10)18/h9-10,12-14,16,18-19H,2-8H2,1H3. The van der Waals surface area contributed by atoms with E-state index in [0.29, 0.717) is 25.9 Å². The predicted octanol–water partition coefficient (Wildman–Crippen LogP) is -0.351. The van der Waals surface area contributed by atoms with Gasteiger partial charge in [-0.05, 0) is 12.8 Å². The van der Waals surface area contributed by atoms with Gasteiger partial charge in [0.05, 0.1) is 12.1 Å². The minimum Gasteiger partial charge on any atom is -0.458 e. The lowest BCUT2D eigenvalue weighted by atomic mass is 9.93. The molecular formula is C14H25NO5. The maximum Gasteiger partial charge on any atom is 0.306 e. The van der Waals surface area contributed by atoms with E-state index in [1.165, 1.54) is 0 Å². The number of hydrogen-bond acceptors (Lipinski definition) is 6. The molecule has 116 valence electrons. The Kier molecular flexibility index (Phi) is 5.37. The maximum atomic E-state index is 11.7. The molecule has 0 bridgehead atoms. The Morgan fingerprint density at radius 1 is 1.25 bits per heavy atom. The number of unbranched alkanes of at least 4 members (excludes halogenated alkanes) is 2. The van der Waals surface area contributed by atoms with Crippen LogP contribution in [0.4, 0.5) is 0 Å². The molecule has 0 radical (unpaired) electrons. The van der Waals surface area contributed by atoms with E-state index in [1.54, 1.807) is 0 Å². The second-order valence-electron chi connectivity index (χ2n) is 5.81. The molecule has 6 nitrogen and oxygen atoms in total. The van der Waals surface area contributed by atoms with E-state index in [4.69, 9.17) is 4.74 Å². The van der Waals surface area contributed by atoms with Crippen molar-refractivity contribution >= 4 is 5.97 Å². The summed E-state index contributed by atoms with van der Waals surface area (Å²) >= 11 is 0. The van der Waals surface area contributed by atoms with Gasteiger partial charge in [-0.25, -0.2) is 0 Å². The van der Waals surface area contributed by atoms with Gasteiger partial charge in [0, 0.05) is 19.5 Å². The number of rotatable bonds is 5. The van der Waals surface area contributed by atoms with E-state index in [0.717, 1.165) is 19.3 Å². The Balaban J connectivity index is 1.88. The summed E-state index contributed by atoms with van der Waals surface area (Å²) < 4.78 is 5.29. The van der Waals surface area contributed by atoms with Crippen molar-refractivity contribution in [3.8, 4) is 0 Å². The smallest absolute Gasteiger partial charge is 0.306 e. The molecule has 5 atom stereocenters. The zero-order chi connectivity index (χ0) is 14.7. The van der Waals surface area contributed by atoms with Crippen molar-refractivity contribution < 1.29 is 24.9 Å². The van der Waals surface area contributed by atoms with E-state index >= 15 is 0 Å². The minimum absolute atomic E-state index is 0.326. The summed E-state index contributed by atoms with van der Waals surface area (Å²) in [5.74, 6) is -0.326. The van der Waals surface area contributed by atoms with E-state index in [2.05, 4.69) is 6.92 Å². The van der Waals surface area contributed by atoms with Gasteiger partial charge in [0.1, 0.15) is 18.3 Å². The first-order valence-corrected chi connectivity index (χ1v) is 7.52. The molecule has 20 heavy (non-hydrogen) atoms. The van der Waals surface area contributed by atoms with Gasteiger partial charge in [-0.2, -0.15) is 0 Å². The summed E-state index contributed by atoms with van der Waals surface area (Å²) in [5, 5.41) is 29.9. The van der Waals surface area contributed by atoms with Crippen molar-refractivity contribution in [2.24, 2.45) is 0 Å². The van der Waals surface area contributed by atoms with Crippen LogP contribution in [0, 0.1) is 0 Å². The van der Waals surface area contributed by atoms with E-state index in [-0.39, 0.29) is 5.97 Å². The molecule has 2 heterocycles. The zero-order valence-electron chi connectivity index (χ0n) is 11.9. The van der Waals surface area contributed by atoms with E-state index in [9.17, 15) is 20.1 Å². The monoisotopic (exact) mass is 287 g/mol. The number of piperidine rings is 1. The average molecular weight is 287 g/mol. The Morgan fingerprint density at radius 2 is 2.00 bits per heavy atom. The molecule has 2 rings (SSSR count). The Bertz CT molecular complexity index is 338. The van der Waals surface area contributed by atoms with Crippen LogP contribution in [0.3, 0.4) is 0 Å².